The number of rotatable bonds is 5. The molecule has 0 amide bonds. The Morgan fingerprint density at radius 2 is 2.18 bits per heavy atom. The summed E-state index contributed by atoms with van der Waals surface area (Å²) in [5, 5.41) is 3.38. The van der Waals surface area contributed by atoms with E-state index < -0.39 is 0 Å². The molecule has 1 aromatic heterocycles. The molecule has 1 saturated heterocycles. The maximum Gasteiger partial charge on any atom is 0.0543 e. The SMILES string of the molecule is CN(CCN1CCNCC1)Cc1ccccn1. The average molecular weight is 234 g/mol. The largest absolute Gasteiger partial charge is 0.314 e. The Labute approximate surface area is 104 Å². The Kier molecular flexibility index (Phi) is 4.91. The van der Waals surface area contributed by atoms with E-state index in [2.05, 4.69) is 33.2 Å². The minimum absolute atomic E-state index is 0.937. The van der Waals surface area contributed by atoms with Crippen LogP contribution in [0.3, 0.4) is 0 Å². The minimum atomic E-state index is 0.937. The van der Waals surface area contributed by atoms with Gasteiger partial charge < -0.3 is 5.32 Å². The molecule has 0 saturated carbocycles. The summed E-state index contributed by atoms with van der Waals surface area (Å²) in [4.78, 5) is 9.21. The summed E-state index contributed by atoms with van der Waals surface area (Å²) in [5.74, 6) is 0. The van der Waals surface area contributed by atoms with Gasteiger partial charge in [-0.3, -0.25) is 14.8 Å². The van der Waals surface area contributed by atoms with Gasteiger partial charge in [-0.2, -0.15) is 0 Å². The average Bonchev–Trinajstić information content (AvgIpc) is 2.39. The van der Waals surface area contributed by atoms with E-state index in [-0.39, 0.29) is 0 Å². The summed E-state index contributed by atoms with van der Waals surface area (Å²) in [6.07, 6.45) is 1.86. The topological polar surface area (TPSA) is 31.4 Å². The van der Waals surface area contributed by atoms with Gasteiger partial charge in [0.2, 0.25) is 0 Å². The lowest BCUT2D eigenvalue weighted by molar-refractivity contribution is 0.201. The summed E-state index contributed by atoms with van der Waals surface area (Å²) in [5.41, 5.74) is 1.15. The first kappa shape index (κ1) is 12.5. The molecule has 4 heteroatoms. The van der Waals surface area contributed by atoms with E-state index in [1.165, 1.54) is 13.1 Å². The van der Waals surface area contributed by atoms with Crippen LogP contribution in [0.1, 0.15) is 5.69 Å². The second-order valence-corrected chi connectivity index (χ2v) is 4.65. The molecule has 2 heterocycles. The number of hydrogen-bond donors (Lipinski definition) is 1. The number of aromatic nitrogens is 1. The summed E-state index contributed by atoms with van der Waals surface area (Å²) in [7, 11) is 2.16. The van der Waals surface area contributed by atoms with Crippen molar-refractivity contribution in [3.8, 4) is 0 Å². The van der Waals surface area contributed by atoms with Crippen molar-refractivity contribution < 1.29 is 0 Å². The van der Waals surface area contributed by atoms with Crippen LogP contribution in [0.4, 0.5) is 0 Å². The van der Waals surface area contributed by atoms with Crippen LogP contribution in [-0.2, 0) is 6.54 Å². The first-order chi connectivity index (χ1) is 8.34. The number of pyridine rings is 1. The zero-order valence-electron chi connectivity index (χ0n) is 10.6. The lowest BCUT2D eigenvalue weighted by Crippen LogP contribution is -2.45. The first-order valence-electron chi connectivity index (χ1n) is 6.36. The molecule has 94 valence electrons. The van der Waals surface area contributed by atoms with Crippen LogP contribution in [0.5, 0.6) is 0 Å². The van der Waals surface area contributed by atoms with Crippen LogP contribution in [-0.4, -0.2) is 61.1 Å². The second-order valence-electron chi connectivity index (χ2n) is 4.65. The summed E-state index contributed by atoms with van der Waals surface area (Å²) < 4.78 is 0. The molecule has 0 aromatic carbocycles. The number of piperazine rings is 1. The number of nitrogens with one attached hydrogen (secondary N) is 1. The predicted octanol–water partition coefficient (Wildman–Crippen LogP) is 0.419. The third-order valence-electron chi connectivity index (χ3n) is 3.17. The molecule has 2 rings (SSSR count). The van der Waals surface area contributed by atoms with Gasteiger partial charge >= 0.3 is 0 Å². The summed E-state index contributed by atoms with van der Waals surface area (Å²) in [6, 6.07) is 6.10. The molecular formula is C13H22N4. The molecule has 1 aliphatic rings. The Balaban J connectivity index is 1.68. The summed E-state index contributed by atoms with van der Waals surface area (Å²) >= 11 is 0. The fourth-order valence-electron chi connectivity index (χ4n) is 2.09. The molecule has 1 N–H and O–H groups in total. The molecule has 1 aromatic rings. The molecule has 0 atom stereocenters. The van der Waals surface area contributed by atoms with Crippen LogP contribution in [0, 0.1) is 0 Å². The highest BCUT2D eigenvalue weighted by Gasteiger charge is 2.10. The second kappa shape index (κ2) is 6.69. The van der Waals surface area contributed by atoms with Crippen molar-refractivity contribution >= 4 is 0 Å². The van der Waals surface area contributed by atoms with Gasteiger partial charge in [-0.25, -0.2) is 0 Å². The fourth-order valence-corrected chi connectivity index (χ4v) is 2.09. The predicted molar refractivity (Wildman–Crippen MR) is 69.9 cm³/mol. The molecule has 4 nitrogen and oxygen atoms in total. The lowest BCUT2D eigenvalue weighted by atomic mass is 10.3. The van der Waals surface area contributed by atoms with Crippen molar-refractivity contribution in [3.05, 3.63) is 30.1 Å². The maximum absolute atomic E-state index is 4.35. The smallest absolute Gasteiger partial charge is 0.0543 e. The van der Waals surface area contributed by atoms with Crippen molar-refractivity contribution in [2.75, 3.05) is 46.3 Å². The van der Waals surface area contributed by atoms with Crippen molar-refractivity contribution in [1.82, 2.24) is 20.1 Å². The molecule has 0 unspecified atom stereocenters. The van der Waals surface area contributed by atoms with E-state index in [4.69, 9.17) is 0 Å². The molecule has 17 heavy (non-hydrogen) atoms. The highest BCUT2D eigenvalue weighted by Crippen LogP contribution is 1.99. The van der Waals surface area contributed by atoms with Gasteiger partial charge in [0.15, 0.2) is 0 Å². The molecule has 0 radical (unpaired) electrons. The third-order valence-corrected chi connectivity index (χ3v) is 3.17. The van der Waals surface area contributed by atoms with Crippen LogP contribution in [0.2, 0.25) is 0 Å². The van der Waals surface area contributed by atoms with Crippen LogP contribution in [0.15, 0.2) is 24.4 Å². The van der Waals surface area contributed by atoms with Crippen molar-refractivity contribution in [1.29, 1.82) is 0 Å². The molecule has 0 aliphatic carbocycles. The Morgan fingerprint density at radius 1 is 1.35 bits per heavy atom. The molecule has 0 bridgehead atoms. The van der Waals surface area contributed by atoms with E-state index in [1.807, 2.05) is 18.3 Å². The Bertz CT molecular complexity index is 308. The maximum atomic E-state index is 4.35. The zero-order valence-corrected chi connectivity index (χ0v) is 10.6. The van der Waals surface area contributed by atoms with Gasteiger partial charge in [-0.05, 0) is 19.2 Å². The van der Waals surface area contributed by atoms with Crippen LogP contribution in [0.25, 0.3) is 0 Å². The monoisotopic (exact) mass is 234 g/mol. The van der Waals surface area contributed by atoms with Crippen molar-refractivity contribution in [3.63, 3.8) is 0 Å². The Morgan fingerprint density at radius 3 is 2.88 bits per heavy atom. The molecular weight excluding hydrogens is 212 g/mol. The van der Waals surface area contributed by atoms with Gasteiger partial charge in [0.25, 0.3) is 0 Å². The van der Waals surface area contributed by atoms with Crippen molar-refractivity contribution in [2.24, 2.45) is 0 Å². The standard InChI is InChI=1S/C13H22N4/c1-16(12-13-4-2-3-5-15-13)10-11-17-8-6-14-7-9-17/h2-5,14H,6-12H2,1H3. The van der Waals surface area contributed by atoms with Gasteiger partial charge in [-0.15, -0.1) is 0 Å². The lowest BCUT2D eigenvalue weighted by Gasteiger charge is -2.29. The van der Waals surface area contributed by atoms with E-state index in [0.717, 1.165) is 38.4 Å². The molecule has 1 aliphatic heterocycles. The van der Waals surface area contributed by atoms with Gasteiger partial charge in [-0.1, -0.05) is 6.07 Å². The summed E-state index contributed by atoms with van der Waals surface area (Å²) in [6.45, 7) is 7.82. The van der Waals surface area contributed by atoms with E-state index in [0.29, 0.717) is 0 Å². The Hall–Kier alpha value is -0.970. The molecule has 0 spiro atoms. The van der Waals surface area contributed by atoms with E-state index in [1.54, 1.807) is 0 Å². The van der Waals surface area contributed by atoms with Gasteiger partial charge in [0, 0.05) is 52.0 Å². The van der Waals surface area contributed by atoms with E-state index >= 15 is 0 Å². The number of nitrogens with zero attached hydrogens (tertiary/aromatic N) is 3. The van der Waals surface area contributed by atoms with Crippen LogP contribution >= 0.6 is 0 Å². The van der Waals surface area contributed by atoms with Gasteiger partial charge in [0.05, 0.1) is 5.69 Å². The quantitative estimate of drug-likeness (QED) is 0.800. The fraction of sp³-hybridized carbons (Fsp3) is 0.615. The van der Waals surface area contributed by atoms with Crippen LogP contribution < -0.4 is 5.32 Å². The van der Waals surface area contributed by atoms with Crippen molar-refractivity contribution in [2.45, 2.75) is 6.54 Å². The number of hydrogen-bond acceptors (Lipinski definition) is 4. The van der Waals surface area contributed by atoms with Gasteiger partial charge in [0.1, 0.15) is 0 Å². The third kappa shape index (κ3) is 4.42. The first-order valence-corrected chi connectivity index (χ1v) is 6.36. The normalized spacial score (nSPS) is 17.5. The number of likely N-dealkylation sites (N-methyl/N-ethyl adjacent to an activating group) is 1. The highest BCUT2D eigenvalue weighted by molar-refractivity contribution is 5.02. The minimum Gasteiger partial charge on any atom is -0.314 e. The van der Waals surface area contributed by atoms with E-state index in [9.17, 15) is 0 Å². The zero-order chi connectivity index (χ0) is 11.9. The molecule has 1 fully saturated rings. The highest BCUT2D eigenvalue weighted by atomic mass is 15.2.